The lowest BCUT2D eigenvalue weighted by Crippen LogP contribution is -2.45. The Morgan fingerprint density at radius 2 is 2.00 bits per heavy atom. The Balaban J connectivity index is 1.72. The number of esters is 1. The predicted octanol–water partition coefficient (Wildman–Crippen LogP) is 1.03. The van der Waals surface area contributed by atoms with Gasteiger partial charge in [0.2, 0.25) is 5.91 Å². The van der Waals surface area contributed by atoms with Crippen LogP contribution in [0.5, 0.6) is 0 Å². The highest BCUT2D eigenvalue weighted by molar-refractivity contribution is 7.14. The normalized spacial score (nSPS) is 14.0. The maximum Gasteiger partial charge on any atom is 0.358 e. The number of hydrogen-bond donors (Lipinski definition) is 3. The summed E-state index contributed by atoms with van der Waals surface area (Å²) in [6.45, 7) is 0.726. The highest BCUT2D eigenvalue weighted by atomic mass is 32.1. The number of thiazole rings is 1. The number of imide groups is 1. The fourth-order valence-corrected chi connectivity index (χ4v) is 2.96. The minimum absolute atomic E-state index is 0.0213. The zero-order chi connectivity index (χ0) is 17.5. The first-order valence-corrected chi connectivity index (χ1v) is 8.32. The molecule has 3 N–H and O–H groups in total. The van der Waals surface area contributed by atoms with Gasteiger partial charge in [-0.3, -0.25) is 14.9 Å². The summed E-state index contributed by atoms with van der Waals surface area (Å²) in [4.78, 5) is 49.7. The molecule has 1 heterocycles. The molecule has 4 amide bonds. The van der Waals surface area contributed by atoms with Gasteiger partial charge in [-0.2, -0.15) is 0 Å². The molecule has 1 aromatic heterocycles. The average Bonchev–Trinajstić information content (AvgIpc) is 3.15. The quantitative estimate of drug-likeness (QED) is 0.678. The fraction of sp³-hybridized carbons (Fsp3) is 0.500. The van der Waals surface area contributed by atoms with Crippen molar-refractivity contribution >= 4 is 40.3 Å². The van der Waals surface area contributed by atoms with E-state index in [0.29, 0.717) is 0 Å². The maximum atomic E-state index is 11.7. The molecule has 0 radical (unpaired) electrons. The topological polar surface area (TPSA) is 126 Å². The van der Waals surface area contributed by atoms with Gasteiger partial charge in [0.1, 0.15) is 0 Å². The van der Waals surface area contributed by atoms with Gasteiger partial charge in [0, 0.05) is 18.3 Å². The molecule has 1 aromatic rings. The molecule has 1 aliphatic rings. The molecule has 1 fully saturated rings. The van der Waals surface area contributed by atoms with Crippen molar-refractivity contribution in [2.75, 3.05) is 11.9 Å². The van der Waals surface area contributed by atoms with Gasteiger partial charge in [-0.15, -0.1) is 11.3 Å². The van der Waals surface area contributed by atoms with E-state index in [9.17, 15) is 19.2 Å². The third kappa shape index (κ3) is 5.61. The molecule has 0 bridgehead atoms. The lowest BCUT2D eigenvalue weighted by atomic mass is 10.2. The van der Waals surface area contributed by atoms with Crippen molar-refractivity contribution in [2.45, 2.75) is 38.6 Å². The highest BCUT2D eigenvalue weighted by Gasteiger charge is 2.19. The van der Waals surface area contributed by atoms with Gasteiger partial charge < -0.3 is 15.4 Å². The largest absolute Gasteiger partial charge is 0.451 e. The number of nitrogens with one attached hydrogen (secondary N) is 3. The van der Waals surface area contributed by atoms with Crippen LogP contribution in [0.15, 0.2) is 5.38 Å². The van der Waals surface area contributed by atoms with Gasteiger partial charge in [0.05, 0.1) is 0 Å². The summed E-state index contributed by atoms with van der Waals surface area (Å²) in [7, 11) is 0. The molecule has 130 valence electrons. The van der Waals surface area contributed by atoms with Crippen LogP contribution in [0.1, 0.15) is 43.1 Å². The molecule has 9 nitrogen and oxygen atoms in total. The van der Waals surface area contributed by atoms with Gasteiger partial charge in [-0.05, 0) is 12.8 Å². The van der Waals surface area contributed by atoms with Gasteiger partial charge in [0.25, 0.3) is 5.91 Å². The van der Waals surface area contributed by atoms with E-state index in [2.05, 4.69) is 20.9 Å². The van der Waals surface area contributed by atoms with E-state index < -0.39 is 24.5 Å². The molecule has 0 saturated heterocycles. The molecule has 0 spiro atoms. The molecule has 24 heavy (non-hydrogen) atoms. The summed E-state index contributed by atoms with van der Waals surface area (Å²) >= 11 is 1.06. The second kappa shape index (κ2) is 8.39. The number of hydrogen-bond acceptors (Lipinski definition) is 7. The number of aromatic nitrogens is 1. The fourth-order valence-electron chi connectivity index (χ4n) is 2.23. The summed E-state index contributed by atoms with van der Waals surface area (Å²) in [6, 6.07) is -0.507. The van der Waals surface area contributed by atoms with E-state index in [1.807, 2.05) is 0 Å². The summed E-state index contributed by atoms with van der Waals surface area (Å²) in [5.74, 6) is -1.85. The van der Waals surface area contributed by atoms with Crippen molar-refractivity contribution in [3.8, 4) is 0 Å². The average molecular weight is 354 g/mol. The standard InChI is InChI=1S/C14H18N4O5S/c1-8(19)15-14-17-10(7-24-14)12(21)23-6-11(20)18-13(22)16-9-4-2-3-5-9/h7,9H,2-6H2,1H3,(H,15,17,19)(H2,16,18,20,22). The number of urea groups is 1. The van der Waals surface area contributed by atoms with Gasteiger partial charge in [-0.25, -0.2) is 14.6 Å². The van der Waals surface area contributed by atoms with E-state index in [1.54, 1.807) is 0 Å². The van der Waals surface area contributed by atoms with Crippen LogP contribution in [0.3, 0.4) is 0 Å². The molecule has 0 aliphatic heterocycles. The molecule has 0 unspecified atom stereocenters. The van der Waals surface area contributed by atoms with Gasteiger partial charge >= 0.3 is 12.0 Å². The second-order valence-corrected chi connectivity index (χ2v) is 6.16. The van der Waals surface area contributed by atoms with Crippen LogP contribution in [0, 0.1) is 0 Å². The van der Waals surface area contributed by atoms with Crippen LogP contribution >= 0.6 is 11.3 Å². The number of carbonyl (C=O) groups is 4. The van der Waals surface area contributed by atoms with Crippen LogP contribution in [-0.4, -0.2) is 41.4 Å². The zero-order valence-electron chi connectivity index (χ0n) is 13.1. The number of anilines is 1. The molecular weight excluding hydrogens is 336 g/mol. The Kier molecular flexibility index (Phi) is 6.24. The smallest absolute Gasteiger partial charge is 0.358 e. The molecular formula is C14H18N4O5S. The Morgan fingerprint density at radius 1 is 1.29 bits per heavy atom. The minimum Gasteiger partial charge on any atom is -0.451 e. The van der Waals surface area contributed by atoms with Crippen LogP contribution in [-0.2, 0) is 14.3 Å². The Bertz CT molecular complexity index is 639. The first kappa shape index (κ1) is 17.9. The van der Waals surface area contributed by atoms with E-state index in [-0.39, 0.29) is 22.8 Å². The first-order valence-electron chi connectivity index (χ1n) is 7.44. The number of nitrogens with zero attached hydrogens (tertiary/aromatic N) is 1. The van der Waals surface area contributed by atoms with Crippen molar-refractivity contribution in [3.63, 3.8) is 0 Å². The van der Waals surface area contributed by atoms with E-state index in [0.717, 1.165) is 37.0 Å². The third-order valence-corrected chi connectivity index (χ3v) is 4.03. The zero-order valence-corrected chi connectivity index (χ0v) is 13.9. The van der Waals surface area contributed by atoms with Crippen LogP contribution in [0.4, 0.5) is 9.93 Å². The Morgan fingerprint density at radius 3 is 2.67 bits per heavy atom. The van der Waals surface area contributed by atoms with Crippen molar-refractivity contribution in [1.29, 1.82) is 0 Å². The van der Waals surface area contributed by atoms with Gasteiger partial charge in [0.15, 0.2) is 17.4 Å². The second-order valence-electron chi connectivity index (χ2n) is 5.30. The molecule has 1 aliphatic carbocycles. The van der Waals surface area contributed by atoms with Crippen molar-refractivity contribution in [3.05, 3.63) is 11.1 Å². The third-order valence-electron chi connectivity index (χ3n) is 3.27. The molecule has 1 saturated carbocycles. The SMILES string of the molecule is CC(=O)Nc1nc(C(=O)OCC(=O)NC(=O)NC2CCCC2)cs1. The number of carbonyl (C=O) groups excluding carboxylic acids is 4. The minimum atomic E-state index is -0.811. The molecule has 0 aromatic carbocycles. The van der Waals surface area contributed by atoms with Crippen molar-refractivity contribution in [2.24, 2.45) is 0 Å². The summed E-state index contributed by atoms with van der Waals surface area (Å²) < 4.78 is 4.78. The Hall–Kier alpha value is -2.49. The van der Waals surface area contributed by atoms with Crippen LogP contribution in [0.2, 0.25) is 0 Å². The monoisotopic (exact) mass is 354 g/mol. The molecule has 10 heteroatoms. The molecule has 2 rings (SSSR count). The lowest BCUT2D eigenvalue weighted by molar-refractivity contribution is -0.123. The summed E-state index contributed by atoms with van der Waals surface area (Å²) in [5.41, 5.74) is -0.0213. The highest BCUT2D eigenvalue weighted by Crippen LogP contribution is 2.17. The van der Waals surface area contributed by atoms with Crippen LogP contribution < -0.4 is 16.0 Å². The van der Waals surface area contributed by atoms with E-state index in [1.165, 1.54) is 12.3 Å². The number of rotatable bonds is 5. The Labute approximate surface area is 142 Å². The van der Waals surface area contributed by atoms with Crippen LogP contribution in [0.25, 0.3) is 0 Å². The van der Waals surface area contributed by atoms with Crippen molar-refractivity contribution < 1.29 is 23.9 Å². The summed E-state index contributed by atoms with van der Waals surface area (Å²) in [6.07, 6.45) is 3.92. The molecule has 0 atom stereocenters. The lowest BCUT2D eigenvalue weighted by Gasteiger charge is -2.12. The van der Waals surface area contributed by atoms with Crippen molar-refractivity contribution in [1.82, 2.24) is 15.6 Å². The predicted molar refractivity (Wildman–Crippen MR) is 85.6 cm³/mol. The number of amides is 4. The first-order chi connectivity index (χ1) is 11.4. The maximum absolute atomic E-state index is 11.7. The van der Waals surface area contributed by atoms with E-state index >= 15 is 0 Å². The van der Waals surface area contributed by atoms with E-state index in [4.69, 9.17) is 4.74 Å². The van der Waals surface area contributed by atoms with Gasteiger partial charge in [-0.1, -0.05) is 12.8 Å². The number of ether oxygens (including phenoxy) is 1. The summed E-state index contributed by atoms with van der Waals surface area (Å²) in [5, 5.41) is 8.89.